The highest BCUT2D eigenvalue weighted by molar-refractivity contribution is 5.09. The predicted octanol–water partition coefficient (Wildman–Crippen LogP) is 1.57. The molecule has 0 spiro atoms. The Bertz CT molecular complexity index is 326. The third-order valence-corrected chi connectivity index (χ3v) is 3.21. The molecule has 2 N–H and O–H groups in total. The summed E-state index contributed by atoms with van der Waals surface area (Å²) in [6.07, 6.45) is 6.89. The van der Waals surface area contributed by atoms with Gasteiger partial charge in [0, 0.05) is 25.7 Å². The Morgan fingerprint density at radius 3 is 2.80 bits per heavy atom. The van der Waals surface area contributed by atoms with Crippen LogP contribution in [0.4, 0.5) is 4.39 Å². The van der Waals surface area contributed by atoms with Gasteiger partial charge in [0.05, 0.1) is 6.20 Å². The lowest BCUT2D eigenvalue weighted by Crippen LogP contribution is -2.37. The van der Waals surface area contributed by atoms with Crippen LogP contribution in [0.1, 0.15) is 31.2 Å². The minimum Gasteiger partial charge on any atom is -0.328 e. The summed E-state index contributed by atoms with van der Waals surface area (Å²) in [4.78, 5) is 0. The molecule has 0 bridgehead atoms. The van der Waals surface area contributed by atoms with Gasteiger partial charge < -0.3 is 5.73 Å². The van der Waals surface area contributed by atoms with Crippen LogP contribution >= 0.6 is 0 Å². The number of nitrogens with two attached hydrogens (primary N) is 1. The molecule has 1 heterocycles. The molecule has 3 nitrogen and oxygen atoms in total. The van der Waals surface area contributed by atoms with Crippen LogP contribution in [0, 0.1) is 0 Å². The lowest BCUT2D eigenvalue weighted by molar-refractivity contribution is 0.0995. The van der Waals surface area contributed by atoms with E-state index in [1.807, 2.05) is 13.2 Å². The second-order valence-electron chi connectivity index (χ2n) is 4.69. The number of hydrogen-bond donors (Lipinski definition) is 1. The first-order valence-corrected chi connectivity index (χ1v) is 5.49. The Hall–Kier alpha value is -0.900. The predicted molar refractivity (Wildman–Crippen MR) is 57.2 cm³/mol. The molecular formula is C11H18FN3. The summed E-state index contributed by atoms with van der Waals surface area (Å²) < 4.78 is 16.1. The summed E-state index contributed by atoms with van der Waals surface area (Å²) in [5.74, 6) is 0. The molecular weight excluding hydrogens is 193 g/mol. The van der Waals surface area contributed by atoms with E-state index in [4.69, 9.17) is 5.73 Å². The molecule has 0 atom stereocenters. The average molecular weight is 211 g/mol. The summed E-state index contributed by atoms with van der Waals surface area (Å²) in [7, 11) is 1.85. The molecule has 84 valence electrons. The molecule has 1 saturated carbocycles. The lowest BCUT2D eigenvalue weighted by atomic mass is 9.80. The second kappa shape index (κ2) is 3.93. The van der Waals surface area contributed by atoms with E-state index in [1.165, 1.54) is 0 Å². The Kier molecular flexibility index (Phi) is 2.78. The van der Waals surface area contributed by atoms with E-state index in [0.717, 1.165) is 18.4 Å². The molecule has 15 heavy (non-hydrogen) atoms. The van der Waals surface area contributed by atoms with Gasteiger partial charge in [-0.1, -0.05) is 0 Å². The van der Waals surface area contributed by atoms with Gasteiger partial charge in [0.15, 0.2) is 0 Å². The molecule has 0 unspecified atom stereocenters. The van der Waals surface area contributed by atoms with Gasteiger partial charge in [-0.15, -0.1) is 0 Å². The number of halogens is 1. The minimum atomic E-state index is -1.06. The van der Waals surface area contributed by atoms with Crippen LogP contribution in [0.3, 0.4) is 0 Å². The zero-order chi connectivity index (χ0) is 10.9. The van der Waals surface area contributed by atoms with Gasteiger partial charge in [0.1, 0.15) is 5.67 Å². The number of aryl methyl sites for hydroxylation is 1. The number of rotatable bonds is 2. The van der Waals surface area contributed by atoms with E-state index >= 15 is 0 Å². The summed E-state index contributed by atoms with van der Waals surface area (Å²) in [5, 5.41) is 4.05. The fraction of sp³-hybridized carbons (Fsp3) is 0.727. The van der Waals surface area contributed by atoms with Gasteiger partial charge in [0.2, 0.25) is 0 Å². The molecule has 0 amide bonds. The molecule has 1 aromatic rings. The van der Waals surface area contributed by atoms with Crippen LogP contribution in [0.25, 0.3) is 0 Å². The Morgan fingerprint density at radius 1 is 1.60 bits per heavy atom. The summed E-state index contributed by atoms with van der Waals surface area (Å²) in [6.45, 7) is 0. The van der Waals surface area contributed by atoms with E-state index in [0.29, 0.717) is 19.3 Å². The van der Waals surface area contributed by atoms with Crippen molar-refractivity contribution in [2.45, 2.75) is 43.8 Å². The minimum absolute atomic E-state index is 0.197. The smallest absolute Gasteiger partial charge is 0.115 e. The maximum atomic E-state index is 14.3. The molecule has 4 heteroatoms. The molecule has 2 rings (SSSR count). The van der Waals surface area contributed by atoms with Crippen molar-refractivity contribution in [1.29, 1.82) is 0 Å². The fourth-order valence-electron chi connectivity index (χ4n) is 2.26. The molecule has 1 aromatic heterocycles. The van der Waals surface area contributed by atoms with Crippen molar-refractivity contribution in [1.82, 2.24) is 9.78 Å². The molecule has 0 aromatic carbocycles. The molecule has 1 aliphatic carbocycles. The van der Waals surface area contributed by atoms with Crippen LogP contribution in [0.2, 0.25) is 0 Å². The van der Waals surface area contributed by atoms with Gasteiger partial charge >= 0.3 is 0 Å². The topological polar surface area (TPSA) is 43.8 Å². The Labute approximate surface area is 89.5 Å². The quantitative estimate of drug-likeness (QED) is 0.807. The zero-order valence-electron chi connectivity index (χ0n) is 9.12. The van der Waals surface area contributed by atoms with Crippen molar-refractivity contribution in [3.63, 3.8) is 0 Å². The molecule has 0 radical (unpaired) electrons. The van der Waals surface area contributed by atoms with Crippen LogP contribution in [0.15, 0.2) is 12.4 Å². The lowest BCUT2D eigenvalue weighted by Gasteiger charge is -2.32. The maximum absolute atomic E-state index is 14.3. The van der Waals surface area contributed by atoms with E-state index in [-0.39, 0.29) is 6.04 Å². The number of hydrogen-bond acceptors (Lipinski definition) is 2. The molecule has 0 saturated heterocycles. The summed E-state index contributed by atoms with van der Waals surface area (Å²) >= 11 is 0. The van der Waals surface area contributed by atoms with Crippen molar-refractivity contribution in [2.24, 2.45) is 12.8 Å². The molecule has 0 aliphatic heterocycles. The van der Waals surface area contributed by atoms with E-state index < -0.39 is 5.67 Å². The zero-order valence-corrected chi connectivity index (χ0v) is 9.12. The van der Waals surface area contributed by atoms with Gasteiger partial charge in [-0.25, -0.2) is 4.39 Å². The Morgan fingerprint density at radius 2 is 2.27 bits per heavy atom. The monoisotopic (exact) mass is 211 g/mol. The van der Waals surface area contributed by atoms with Gasteiger partial charge in [0.25, 0.3) is 0 Å². The standard InChI is InChI=1S/C11H18FN3/c1-15-8-9(7-14-15)6-11(12)4-2-10(13)3-5-11/h7-8,10H,2-6,13H2,1H3. The highest BCUT2D eigenvalue weighted by Gasteiger charge is 2.34. The Balaban J connectivity index is 1.99. The summed E-state index contributed by atoms with van der Waals surface area (Å²) in [5.41, 5.74) is 5.70. The normalized spacial score (nSPS) is 31.8. The average Bonchev–Trinajstić information content (AvgIpc) is 2.57. The first-order chi connectivity index (χ1) is 7.07. The van der Waals surface area contributed by atoms with Crippen LogP contribution < -0.4 is 5.73 Å². The van der Waals surface area contributed by atoms with Crippen LogP contribution in [-0.2, 0) is 13.5 Å². The van der Waals surface area contributed by atoms with E-state index in [9.17, 15) is 4.39 Å². The highest BCUT2D eigenvalue weighted by atomic mass is 19.1. The first kappa shape index (κ1) is 10.6. The number of nitrogens with zero attached hydrogens (tertiary/aromatic N) is 2. The first-order valence-electron chi connectivity index (χ1n) is 5.49. The molecule has 1 aliphatic rings. The van der Waals surface area contributed by atoms with Crippen molar-refractivity contribution in [2.75, 3.05) is 0 Å². The van der Waals surface area contributed by atoms with E-state index in [2.05, 4.69) is 5.10 Å². The second-order valence-corrected chi connectivity index (χ2v) is 4.69. The largest absolute Gasteiger partial charge is 0.328 e. The van der Waals surface area contributed by atoms with Crippen LogP contribution in [0.5, 0.6) is 0 Å². The maximum Gasteiger partial charge on any atom is 0.115 e. The van der Waals surface area contributed by atoms with Crippen molar-refractivity contribution < 1.29 is 4.39 Å². The van der Waals surface area contributed by atoms with Gasteiger partial charge in [-0.05, 0) is 31.2 Å². The van der Waals surface area contributed by atoms with Crippen molar-refractivity contribution in [3.8, 4) is 0 Å². The third kappa shape index (κ3) is 2.56. The van der Waals surface area contributed by atoms with E-state index in [1.54, 1.807) is 10.9 Å². The van der Waals surface area contributed by atoms with Gasteiger partial charge in [-0.3, -0.25) is 4.68 Å². The van der Waals surface area contributed by atoms with Crippen molar-refractivity contribution >= 4 is 0 Å². The third-order valence-electron chi connectivity index (χ3n) is 3.21. The summed E-state index contributed by atoms with van der Waals surface area (Å²) in [6, 6.07) is 0.197. The van der Waals surface area contributed by atoms with Crippen LogP contribution in [-0.4, -0.2) is 21.5 Å². The number of alkyl halides is 1. The number of aromatic nitrogens is 2. The highest BCUT2D eigenvalue weighted by Crippen LogP contribution is 2.34. The van der Waals surface area contributed by atoms with Gasteiger partial charge in [-0.2, -0.15) is 5.10 Å². The molecule has 1 fully saturated rings. The SMILES string of the molecule is Cn1cc(CC2(F)CCC(N)CC2)cn1. The van der Waals surface area contributed by atoms with Crippen molar-refractivity contribution in [3.05, 3.63) is 18.0 Å². The fourth-order valence-corrected chi connectivity index (χ4v) is 2.26.